The molecule has 4 N–H and O–H groups in total. The molecule has 0 saturated heterocycles. The molecule has 0 fully saturated rings. The highest BCUT2D eigenvalue weighted by Gasteiger charge is 2.14. The second-order valence-corrected chi connectivity index (χ2v) is 5.68. The van der Waals surface area contributed by atoms with E-state index in [2.05, 4.69) is 25.7 Å². The predicted molar refractivity (Wildman–Crippen MR) is 97.0 cm³/mol. The maximum Gasteiger partial charge on any atom is 0.239 e. The Morgan fingerprint density at radius 1 is 1.32 bits per heavy atom. The largest absolute Gasteiger partial charge is 0.494 e. The molecule has 0 aliphatic heterocycles. The first kappa shape index (κ1) is 19.0. The number of carbonyl (C=O) groups is 1. The molecular weight excluding hydrogens is 372 g/mol. The van der Waals surface area contributed by atoms with Crippen LogP contribution in [0.5, 0.6) is 5.75 Å². The fraction of sp³-hybridized carbons (Fsp3) is 0.176. The Labute approximate surface area is 158 Å². The van der Waals surface area contributed by atoms with Crippen LogP contribution in [0, 0.1) is 11.6 Å². The molecule has 0 aliphatic carbocycles. The first-order valence-electron chi connectivity index (χ1n) is 8.12. The van der Waals surface area contributed by atoms with Crippen LogP contribution in [0.2, 0.25) is 0 Å². The molecule has 28 heavy (non-hydrogen) atoms. The van der Waals surface area contributed by atoms with Crippen LogP contribution >= 0.6 is 0 Å². The quantitative estimate of drug-likeness (QED) is 0.537. The molecule has 1 amide bonds. The summed E-state index contributed by atoms with van der Waals surface area (Å²) in [4.78, 5) is 19.2. The van der Waals surface area contributed by atoms with Gasteiger partial charge in [0, 0.05) is 24.5 Å². The first-order valence-corrected chi connectivity index (χ1v) is 8.12. The van der Waals surface area contributed by atoms with E-state index in [0.29, 0.717) is 11.5 Å². The van der Waals surface area contributed by atoms with Crippen molar-refractivity contribution in [2.45, 2.75) is 13.1 Å². The summed E-state index contributed by atoms with van der Waals surface area (Å²) in [5, 5.41) is 9.73. The second-order valence-electron chi connectivity index (χ2n) is 5.68. The SMILES string of the molecule is COc1ccc(F)c(CNc2ccnc(Nc3cnn(CC(N)=O)c3)n2)c1F. The summed E-state index contributed by atoms with van der Waals surface area (Å²) in [6.07, 6.45) is 4.52. The fourth-order valence-electron chi connectivity index (χ4n) is 2.40. The highest BCUT2D eigenvalue weighted by atomic mass is 19.1. The number of methoxy groups -OCH3 is 1. The Morgan fingerprint density at radius 2 is 2.14 bits per heavy atom. The third kappa shape index (κ3) is 4.50. The zero-order chi connectivity index (χ0) is 20.1. The van der Waals surface area contributed by atoms with Crippen LogP contribution in [0.15, 0.2) is 36.8 Å². The number of nitrogens with zero attached hydrogens (tertiary/aromatic N) is 4. The molecule has 2 aromatic heterocycles. The molecule has 11 heteroatoms. The van der Waals surface area contributed by atoms with E-state index >= 15 is 0 Å². The number of ether oxygens (including phenoxy) is 1. The maximum atomic E-state index is 14.2. The van der Waals surface area contributed by atoms with Crippen LogP contribution < -0.4 is 21.1 Å². The van der Waals surface area contributed by atoms with Gasteiger partial charge in [0.2, 0.25) is 11.9 Å². The zero-order valence-electron chi connectivity index (χ0n) is 14.8. The lowest BCUT2D eigenvalue weighted by molar-refractivity contribution is -0.118. The third-order valence-corrected chi connectivity index (χ3v) is 3.68. The number of anilines is 3. The summed E-state index contributed by atoms with van der Waals surface area (Å²) < 4.78 is 34.3. The van der Waals surface area contributed by atoms with Gasteiger partial charge < -0.3 is 21.1 Å². The van der Waals surface area contributed by atoms with Gasteiger partial charge in [-0.15, -0.1) is 0 Å². The molecule has 0 radical (unpaired) electrons. The smallest absolute Gasteiger partial charge is 0.239 e. The van der Waals surface area contributed by atoms with Gasteiger partial charge in [0.05, 0.1) is 19.0 Å². The molecule has 3 aromatic rings. The molecule has 0 spiro atoms. The highest BCUT2D eigenvalue weighted by Crippen LogP contribution is 2.23. The van der Waals surface area contributed by atoms with Crippen molar-refractivity contribution in [2.75, 3.05) is 17.7 Å². The highest BCUT2D eigenvalue weighted by molar-refractivity contribution is 5.73. The molecule has 0 bridgehead atoms. The number of nitrogens with one attached hydrogen (secondary N) is 2. The van der Waals surface area contributed by atoms with Gasteiger partial charge in [-0.25, -0.2) is 13.8 Å². The fourth-order valence-corrected chi connectivity index (χ4v) is 2.40. The number of primary amides is 1. The lowest BCUT2D eigenvalue weighted by Gasteiger charge is -2.11. The zero-order valence-corrected chi connectivity index (χ0v) is 14.8. The molecule has 0 atom stereocenters. The van der Waals surface area contributed by atoms with Crippen molar-refractivity contribution >= 4 is 23.4 Å². The van der Waals surface area contributed by atoms with Gasteiger partial charge in [0.1, 0.15) is 18.2 Å². The Hall–Kier alpha value is -3.76. The van der Waals surface area contributed by atoms with E-state index < -0.39 is 17.5 Å². The minimum Gasteiger partial charge on any atom is -0.494 e. The van der Waals surface area contributed by atoms with Gasteiger partial charge in [-0.1, -0.05) is 0 Å². The predicted octanol–water partition coefficient (Wildman–Crippen LogP) is 1.80. The van der Waals surface area contributed by atoms with Gasteiger partial charge >= 0.3 is 0 Å². The number of hydrogen-bond acceptors (Lipinski definition) is 7. The van der Waals surface area contributed by atoms with Crippen LogP contribution in [0.25, 0.3) is 0 Å². The van der Waals surface area contributed by atoms with Crippen LogP contribution in [0.3, 0.4) is 0 Å². The number of benzene rings is 1. The third-order valence-electron chi connectivity index (χ3n) is 3.68. The monoisotopic (exact) mass is 389 g/mol. The number of halogens is 2. The summed E-state index contributed by atoms with van der Waals surface area (Å²) in [5.41, 5.74) is 5.49. The van der Waals surface area contributed by atoms with E-state index in [9.17, 15) is 13.6 Å². The van der Waals surface area contributed by atoms with E-state index in [1.54, 1.807) is 12.3 Å². The summed E-state index contributed by atoms with van der Waals surface area (Å²) in [7, 11) is 1.31. The van der Waals surface area contributed by atoms with Crippen LogP contribution in [0.4, 0.5) is 26.2 Å². The molecule has 0 saturated carbocycles. The number of hydrogen-bond donors (Lipinski definition) is 3. The number of aromatic nitrogens is 4. The number of nitrogens with two attached hydrogens (primary N) is 1. The molecule has 2 heterocycles. The average Bonchev–Trinajstić information content (AvgIpc) is 3.08. The Bertz CT molecular complexity index is 993. The molecular formula is C17H17F2N7O2. The van der Waals surface area contributed by atoms with Crippen molar-refractivity contribution in [3.63, 3.8) is 0 Å². The standard InChI is InChI=1S/C17H17F2N7O2/c1-28-13-3-2-12(18)11(16(13)19)7-22-15-4-5-21-17(25-15)24-10-6-23-26(8-10)9-14(20)27/h2-6,8H,7,9H2,1H3,(H2,20,27)(H2,21,22,24,25). The number of amides is 1. The number of carbonyl (C=O) groups excluding carboxylic acids is 1. The van der Waals surface area contributed by atoms with Crippen molar-refractivity contribution in [2.24, 2.45) is 5.73 Å². The Balaban J connectivity index is 1.69. The molecule has 146 valence electrons. The van der Waals surface area contributed by atoms with E-state index in [4.69, 9.17) is 10.5 Å². The second kappa shape index (κ2) is 8.29. The van der Waals surface area contributed by atoms with E-state index in [-0.39, 0.29) is 30.4 Å². The van der Waals surface area contributed by atoms with Crippen molar-refractivity contribution in [1.29, 1.82) is 0 Å². The Kier molecular flexibility index (Phi) is 5.63. The van der Waals surface area contributed by atoms with Crippen LogP contribution in [0.1, 0.15) is 5.56 Å². The van der Waals surface area contributed by atoms with Crippen LogP contribution in [-0.2, 0) is 17.9 Å². The molecule has 0 aliphatic rings. The minimum atomic E-state index is -0.774. The normalized spacial score (nSPS) is 10.5. The summed E-state index contributed by atoms with van der Waals surface area (Å²) in [5.74, 6) is -1.45. The van der Waals surface area contributed by atoms with Gasteiger partial charge in [-0.3, -0.25) is 9.48 Å². The van der Waals surface area contributed by atoms with Gasteiger partial charge in [-0.2, -0.15) is 10.1 Å². The number of rotatable bonds is 8. The average molecular weight is 389 g/mol. The Morgan fingerprint density at radius 3 is 2.89 bits per heavy atom. The van der Waals surface area contributed by atoms with Crippen LogP contribution in [-0.4, -0.2) is 32.8 Å². The topological polar surface area (TPSA) is 120 Å². The van der Waals surface area contributed by atoms with Crippen molar-refractivity contribution in [3.8, 4) is 5.75 Å². The van der Waals surface area contributed by atoms with E-state index in [0.717, 1.165) is 6.07 Å². The van der Waals surface area contributed by atoms with Gasteiger partial charge in [0.15, 0.2) is 11.6 Å². The summed E-state index contributed by atoms with van der Waals surface area (Å²) in [6, 6.07) is 3.91. The van der Waals surface area contributed by atoms with Gasteiger partial charge in [0.25, 0.3) is 0 Å². The molecule has 1 aromatic carbocycles. The lowest BCUT2D eigenvalue weighted by Crippen LogP contribution is -2.18. The molecule has 0 unspecified atom stereocenters. The van der Waals surface area contributed by atoms with Crippen molar-refractivity contribution < 1.29 is 18.3 Å². The lowest BCUT2D eigenvalue weighted by atomic mass is 10.2. The van der Waals surface area contributed by atoms with E-state index in [1.165, 1.54) is 30.3 Å². The van der Waals surface area contributed by atoms with E-state index in [1.807, 2.05) is 0 Å². The van der Waals surface area contributed by atoms with Crippen molar-refractivity contribution in [3.05, 3.63) is 54.0 Å². The summed E-state index contributed by atoms with van der Waals surface area (Å²) >= 11 is 0. The van der Waals surface area contributed by atoms with Crippen molar-refractivity contribution in [1.82, 2.24) is 19.7 Å². The minimum absolute atomic E-state index is 0.0452. The summed E-state index contributed by atoms with van der Waals surface area (Å²) in [6.45, 7) is -0.191. The maximum absolute atomic E-state index is 14.2. The molecule has 3 rings (SSSR count). The van der Waals surface area contributed by atoms with Gasteiger partial charge in [-0.05, 0) is 18.2 Å². The first-order chi connectivity index (χ1) is 13.5. The molecule has 9 nitrogen and oxygen atoms in total.